The minimum absolute atomic E-state index is 0.615. The average molecular weight is 139 g/mol. The van der Waals surface area contributed by atoms with Gasteiger partial charge in [0.25, 0.3) is 0 Å². The number of β-amino-alcohol motifs (C(OH)–C–C–N with tert-alkyl or cyclic N) is 1. The molecule has 1 saturated heterocycles. The van der Waals surface area contributed by atoms with E-state index in [1.807, 2.05) is 0 Å². The topological polar surface area (TPSA) is 23.5 Å². The van der Waals surface area contributed by atoms with Crippen LogP contribution >= 0.6 is 0 Å². The number of rotatable bonds is 2. The Bertz CT molecular complexity index is 153. The van der Waals surface area contributed by atoms with E-state index in [-0.39, 0.29) is 0 Å². The fraction of sp³-hybridized carbons (Fsp3) is 0.750. The Morgan fingerprint density at radius 3 is 2.60 bits per heavy atom. The zero-order valence-corrected chi connectivity index (χ0v) is 6.30. The van der Waals surface area contributed by atoms with Crippen molar-refractivity contribution in [3.8, 4) is 12.3 Å². The van der Waals surface area contributed by atoms with Gasteiger partial charge in [-0.25, -0.2) is 0 Å². The van der Waals surface area contributed by atoms with Crippen LogP contribution in [0.2, 0.25) is 0 Å². The molecule has 0 bridgehead atoms. The molecule has 0 saturated carbocycles. The Hall–Kier alpha value is -0.520. The summed E-state index contributed by atoms with van der Waals surface area (Å²) in [5, 5.41) is 9.38. The Kier molecular flexibility index (Phi) is 1.98. The van der Waals surface area contributed by atoms with Gasteiger partial charge >= 0.3 is 0 Å². The molecule has 2 heteroatoms. The molecule has 0 aromatic heterocycles. The summed E-state index contributed by atoms with van der Waals surface area (Å²) >= 11 is 0. The van der Waals surface area contributed by atoms with Crippen molar-refractivity contribution in [2.24, 2.45) is 0 Å². The first-order valence-electron chi connectivity index (χ1n) is 3.56. The third-order valence-corrected chi connectivity index (χ3v) is 1.79. The second-order valence-electron chi connectivity index (χ2n) is 3.05. The quantitative estimate of drug-likeness (QED) is 0.547. The molecule has 2 nitrogen and oxygen atoms in total. The van der Waals surface area contributed by atoms with E-state index in [0.717, 1.165) is 13.1 Å². The number of nitrogens with zero attached hydrogens (tertiary/aromatic N) is 1. The largest absolute Gasteiger partial charge is 0.377 e. The minimum atomic E-state index is -0.930. The van der Waals surface area contributed by atoms with E-state index >= 15 is 0 Å². The number of likely N-dealkylation sites (tertiary alicyclic amines) is 1. The number of hydrogen-bond donors (Lipinski definition) is 1. The van der Waals surface area contributed by atoms with E-state index in [4.69, 9.17) is 6.42 Å². The number of terminal acetylenes is 1. The summed E-state index contributed by atoms with van der Waals surface area (Å²) in [6, 6.07) is 0. The van der Waals surface area contributed by atoms with E-state index in [0.29, 0.717) is 6.54 Å². The summed E-state index contributed by atoms with van der Waals surface area (Å²) in [5.74, 6) is 2.35. The van der Waals surface area contributed by atoms with Crippen molar-refractivity contribution in [3.63, 3.8) is 0 Å². The van der Waals surface area contributed by atoms with Crippen molar-refractivity contribution in [2.75, 3.05) is 19.6 Å². The fourth-order valence-corrected chi connectivity index (χ4v) is 1.02. The number of hydrogen-bond acceptors (Lipinski definition) is 2. The fourth-order valence-electron chi connectivity index (χ4n) is 1.02. The van der Waals surface area contributed by atoms with E-state index in [9.17, 15) is 5.11 Å². The average Bonchev–Trinajstić information content (AvgIpc) is 1.80. The van der Waals surface area contributed by atoms with Crippen LogP contribution in [0.25, 0.3) is 0 Å². The smallest absolute Gasteiger partial charge is 0.135 e. The van der Waals surface area contributed by atoms with Crippen LogP contribution in [0.15, 0.2) is 0 Å². The molecule has 0 aromatic carbocycles. The lowest BCUT2D eigenvalue weighted by atomic mass is 10.1. The van der Waals surface area contributed by atoms with Crippen LogP contribution in [-0.4, -0.2) is 35.2 Å². The Balaban J connectivity index is 2.30. The van der Waals surface area contributed by atoms with Gasteiger partial charge in [0.15, 0.2) is 0 Å². The maximum absolute atomic E-state index is 9.38. The van der Waals surface area contributed by atoms with Crippen molar-refractivity contribution in [2.45, 2.75) is 18.9 Å². The molecule has 1 aliphatic rings. The van der Waals surface area contributed by atoms with E-state index in [1.165, 1.54) is 6.42 Å². The molecule has 1 fully saturated rings. The normalized spacial score (nSPS) is 24.5. The molecular formula is C8H13NO. The molecule has 0 amide bonds. The van der Waals surface area contributed by atoms with Gasteiger partial charge in [-0.3, -0.25) is 4.90 Å². The Morgan fingerprint density at radius 1 is 1.70 bits per heavy atom. The monoisotopic (exact) mass is 139 g/mol. The minimum Gasteiger partial charge on any atom is -0.377 e. The van der Waals surface area contributed by atoms with Crippen LogP contribution in [0, 0.1) is 12.3 Å². The van der Waals surface area contributed by atoms with Gasteiger partial charge in [-0.05, 0) is 26.4 Å². The van der Waals surface area contributed by atoms with E-state index < -0.39 is 5.60 Å². The first-order chi connectivity index (χ1) is 4.64. The van der Waals surface area contributed by atoms with Crippen molar-refractivity contribution < 1.29 is 5.11 Å². The van der Waals surface area contributed by atoms with Crippen LogP contribution in [0.4, 0.5) is 0 Å². The van der Waals surface area contributed by atoms with Gasteiger partial charge in [-0.15, -0.1) is 6.42 Å². The molecule has 0 aromatic rings. The molecule has 0 aliphatic carbocycles. The molecule has 10 heavy (non-hydrogen) atoms. The van der Waals surface area contributed by atoms with E-state index in [2.05, 4.69) is 10.8 Å². The third kappa shape index (κ3) is 1.73. The molecule has 1 atom stereocenters. The predicted molar refractivity (Wildman–Crippen MR) is 40.5 cm³/mol. The molecule has 1 aliphatic heterocycles. The SMILES string of the molecule is C#CC(C)(O)CN1CCC1. The van der Waals surface area contributed by atoms with Gasteiger partial charge in [0.2, 0.25) is 0 Å². The van der Waals surface area contributed by atoms with Gasteiger partial charge in [0.05, 0.1) is 0 Å². The molecule has 1 unspecified atom stereocenters. The van der Waals surface area contributed by atoms with Crippen LogP contribution in [-0.2, 0) is 0 Å². The molecule has 1 N–H and O–H groups in total. The predicted octanol–water partition coefficient (Wildman–Crippen LogP) is 0.0763. The van der Waals surface area contributed by atoms with Gasteiger partial charge in [-0.1, -0.05) is 5.92 Å². The van der Waals surface area contributed by atoms with Gasteiger partial charge in [-0.2, -0.15) is 0 Å². The zero-order valence-electron chi connectivity index (χ0n) is 6.30. The highest BCUT2D eigenvalue weighted by molar-refractivity contribution is 5.06. The summed E-state index contributed by atoms with van der Waals surface area (Å²) in [5.41, 5.74) is -0.930. The lowest BCUT2D eigenvalue weighted by molar-refractivity contribution is 0.0443. The number of aliphatic hydroxyl groups is 1. The lowest BCUT2D eigenvalue weighted by Gasteiger charge is -2.34. The van der Waals surface area contributed by atoms with Crippen LogP contribution in [0.5, 0.6) is 0 Å². The Labute approximate surface area is 61.8 Å². The molecular weight excluding hydrogens is 126 g/mol. The highest BCUT2D eigenvalue weighted by Crippen LogP contribution is 2.11. The molecule has 1 rings (SSSR count). The van der Waals surface area contributed by atoms with Crippen molar-refractivity contribution >= 4 is 0 Å². The van der Waals surface area contributed by atoms with Gasteiger partial charge in [0, 0.05) is 6.54 Å². The van der Waals surface area contributed by atoms with Crippen molar-refractivity contribution in [3.05, 3.63) is 0 Å². The van der Waals surface area contributed by atoms with E-state index in [1.54, 1.807) is 6.92 Å². The third-order valence-electron chi connectivity index (χ3n) is 1.79. The standard InChI is InChI=1S/C8H13NO/c1-3-8(2,10)7-9-5-4-6-9/h1,10H,4-7H2,2H3. The highest BCUT2D eigenvalue weighted by atomic mass is 16.3. The summed E-state index contributed by atoms with van der Waals surface area (Å²) in [7, 11) is 0. The maximum Gasteiger partial charge on any atom is 0.135 e. The van der Waals surface area contributed by atoms with Gasteiger partial charge in [0.1, 0.15) is 5.60 Å². The second kappa shape index (κ2) is 2.61. The molecule has 0 spiro atoms. The molecule has 1 heterocycles. The summed E-state index contributed by atoms with van der Waals surface area (Å²) in [4.78, 5) is 2.15. The molecule has 0 radical (unpaired) electrons. The van der Waals surface area contributed by atoms with Crippen molar-refractivity contribution in [1.82, 2.24) is 4.90 Å². The van der Waals surface area contributed by atoms with Crippen LogP contribution in [0.3, 0.4) is 0 Å². The van der Waals surface area contributed by atoms with Gasteiger partial charge < -0.3 is 5.11 Å². The van der Waals surface area contributed by atoms with Crippen LogP contribution < -0.4 is 0 Å². The molecule has 56 valence electrons. The van der Waals surface area contributed by atoms with Crippen LogP contribution in [0.1, 0.15) is 13.3 Å². The zero-order chi connectivity index (χ0) is 7.61. The highest BCUT2D eigenvalue weighted by Gasteiger charge is 2.24. The Morgan fingerprint density at radius 2 is 2.30 bits per heavy atom. The summed E-state index contributed by atoms with van der Waals surface area (Å²) in [6.45, 7) is 4.45. The van der Waals surface area contributed by atoms with Crippen molar-refractivity contribution in [1.29, 1.82) is 0 Å². The summed E-state index contributed by atoms with van der Waals surface area (Å²) < 4.78 is 0. The maximum atomic E-state index is 9.38. The summed E-state index contributed by atoms with van der Waals surface area (Å²) in [6.07, 6.45) is 6.34. The first-order valence-corrected chi connectivity index (χ1v) is 3.56. The second-order valence-corrected chi connectivity index (χ2v) is 3.05. The first kappa shape index (κ1) is 7.59. The lowest BCUT2D eigenvalue weighted by Crippen LogP contribution is -2.46.